The molecule has 2 aromatic rings. The molecule has 0 aliphatic rings. The summed E-state index contributed by atoms with van der Waals surface area (Å²) in [5, 5.41) is 11.2. The van der Waals surface area contributed by atoms with E-state index in [9.17, 15) is 4.79 Å². The zero-order valence-electron chi connectivity index (χ0n) is 13.4. The Morgan fingerprint density at radius 1 is 1.33 bits per heavy atom. The Morgan fingerprint density at radius 3 is 2.79 bits per heavy atom. The summed E-state index contributed by atoms with van der Waals surface area (Å²) in [5.74, 6) is 2.21. The standard InChI is InChI=1S/C16H19N3O3S2/c1-3-11-23-16-19-18-15(24-16)17-14(20)5-4-10-22-13-8-6-12(21-2)7-9-13/h3,6-9H,1,4-5,10-11H2,2H3,(H,17,18,20). The van der Waals surface area contributed by atoms with Crippen molar-refractivity contribution < 1.29 is 14.3 Å². The van der Waals surface area contributed by atoms with Crippen LogP contribution in [0.15, 0.2) is 41.3 Å². The highest BCUT2D eigenvalue weighted by Gasteiger charge is 2.08. The lowest BCUT2D eigenvalue weighted by Gasteiger charge is -2.06. The molecule has 0 unspecified atom stereocenters. The van der Waals surface area contributed by atoms with Gasteiger partial charge in [-0.15, -0.1) is 16.8 Å². The smallest absolute Gasteiger partial charge is 0.226 e. The lowest BCUT2D eigenvalue weighted by Crippen LogP contribution is -2.12. The molecular weight excluding hydrogens is 346 g/mol. The van der Waals surface area contributed by atoms with Crippen molar-refractivity contribution in [2.24, 2.45) is 0 Å². The van der Waals surface area contributed by atoms with Crippen molar-refractivity contribution in [3.8, 4) is 11.5 Å². The molecule has 0 aliphatic heterocycles. The predicted octanol–water partition coefficient (Wildman–Crippen LogP) is 3.62. The van der Waals surface area contributed by atoms with Crippen LogP contribution in [0.4, 0.5) is 5.13 Å². The van der Waals surface area contributed by atoms with Crippen LogP contribution in [0.1, 0.15) is 12.8 Å². The average molecular weight is 365 g/mol. The SMILES string of the molecule is C=CCSc1nnc(NC(=O)CCCOc2ccc(OC)cc2)s1. The molecule has 6 nitrogen and oxygen atoms in total. The molecule has 0 spiro atoms. The molecule has 0 radical (unpaired) electrons. The highest BCUT2D eigenvalue weighted by Crippen LogP contribution is 2.25. The molecule has 1 aromatic heterocycles. The normalized spacial score (nSPS) is 10.2. The largest absolute Gasteiger partial charge is 0.497 e. The maximum absolute atomic E-state index is 11.9. The fourth-order valence-corrected chi connectivity index (χ4v) is 3.25. The molecule has 1 N–H and O–H groups in total. The van der Waals surface area contributed by atoms with Gasteiger partial charge in [0.25, 0.3) is 0 Å². The van der Waals surface area contributed by atoms with Gasteiger partial charge in [0, 0.05) is 12.2 Å². The molecule has 0 aliphatic carbocycles. The van der Waals surface area contributed by atoms with Gasteiger partial charge in [0.2, 0.25) is 11.0 Å². The van der Waals surface area contributed by atoms with Crippen molar-refractivity contribution in [3.63, 3.8) is 0 Å². The Hall–Kier alpha value is -2.06. The Balaban J connectivity index is 1.65. The summed E-state index contributed by atoms with van der Waals surface area (Å²) in [4.78, 5) is 11.9. The van der Waals surface area contributed by atoms with Gasteiger partial charge in [-0.1, -0.05) is 29.2 Å². The third kappa shape index (κ3) is 6.21. The molecular formula is C16H19N3O3S2. The van der Waals surface area contributed by atoms with E-state index >= 15 is 0 Å². The molecule has 1 amide bonds. The molecule has 24 heavy (non-hydrogen) atoms. The summed E-state index contributed by atoms with van der Waals surface area (Å²) in [7, 11) is 1.62. The van der Waals surface area contributed by atoms with E-state index in [0.29, 0.717) is 24.6 Å². The second-order valence-electron chi connectivity index (χ2n) is 4.65. The summed E-state index contributed by atoms with van der Waals surface area (Å²) in [6, 6.07) is 7.34. The minimum absolute atomic E-state index is 0.0928. The molecule has 0 fully saturated rings. The van der Waals surface area contributed by atoms with Gasteiger partial charge in [-0.3, -0.25) is 4.79 Å². The first-order chi connectivity index (χ1) is 11.7. The number of rotatable bonds is 10. The highest BCUT2D eigenvalue weighted by atomic mass is 32.2. The van der Waals surface area contributed by atoms with Crippen molar-refractivity contribution in [1.29, 1.82) is 0 Å². The van der Waals surface area contributed by atoms with E-state index in [0.717, 1.165) is 21.6 Å². The Morgan fingerprint density at radius 2 is 2.08 bits per heavy atom. The molecule has 0 atom stereocenters. The third-order valence-electron chi connectivity index (χ3n) is 2.85. The van der Waals surface area contributed by atoms with E-state index in [1.165, 1.54) is 23.1 Å². The Bertz CT molecular complexity index is 659. The number of thioether (sulfide) groups is 1. The lowest BCUT2D eigenvalue weighted by molar-refractivity contribution is -0.116. The summed E-state index contributed by atoms with van der Waals surface area (Å²) in [5.41, 5.74) is 0. The van der Waals surface area contributed by atoms with Gasteiger partial charge in [-0.2, -0.15) is 0 Å². The van der Waals surface area contributed by atoms with Crippen LogP contribution >= 0.6 is 23.1 Å². The van der Waals surface area contributed by atoms with Crippen LogP contribution in [0.2, 0.25) is 0 Å². The van der Waals surface area contributed by atoms with Crippen molar-refractivity contribution in [2.75, 3.05) is 24.8 Å². The number of methoxy groups -OCH3 is 1. The van der Waals surface area contributed by atoms with Crippen LogP contribution in [-0.2, 0) is 4.79 Å². The maximum atomic E-state index is 11.9. The predicted molar refractivity (Wildman–Crippen MR) is 97.2 cm³/mol. The quantitative estimate of drug-likeness (QED) is 0.300. The molecule has 1 heterocycles. The number of anilines is 1. The van der Waals surface area contributed by atoms with Crippen LogP contribution in [-0.4, -0.2) is 35.6 Å². The Kier molecular flexibility index (Phi) is 7.57. The van der Waals surface area contributed by atoms with Gasteiger partial charge in [0.05, 0.1) is 13.7 Å². The monoisotopic (exact) mass is 365 g/mol. The molecule has 2 rings (SSSR count). The number of aromatic nitrogens is 2. The summed E-state index contributed by atoms with van der Waals surface area (Å²) < 4.78 is 11.5. The number of amides is 1. The van der Waals surface area contributed by atoms with Crippen LogP contribution in [0, 0.1) is 0 Å². The van der Waals surface area contributed by atoms with Crippen molar-refractivity contribution >= 4 is 34.1 Å². The maximum Gasteiger partial charge on any atom is 0.226 e. The number of ether oxygens (including phenoxy) is 2. The number of nitrogens with one attached hydrogen (secondary N) is 1. The second kappa shape index (κ2) is 9.94. The van der Waals surface area contributed by atoms with Gasteiger partial charge >= 0.3 is 0 Å². The third-order valence-corrected chi connectivity index (χ3v) is 4.82. The minimum Gasteiger partial charge on any atom is -0.497 e. The van der Waals surface area contributed by atoms with Gasteiger partial charge in [-0.25, -0.2) is 0 Å². The van der Waals surface area contributed by atoms with E-state index < -0.39 is 0 Å². The van der Waals surface area contributed by atoms with E-state index in [1.807, 2.05) is 24.3 Å². The van der Waals surface area contributed by atoms with Crippen molar-refractivity contribution in [3.05, 3.63) is 36.9 Å². The number of nitrogens with zero attached hydrogens (tertiary/aromatic N) is 2. The molecule has 0 bridgehead atoms. The van der Waals surface area contributed by atoms with Crippen molar-refractivity contribution in [1.82, 2.24) is 10.2 Å². The van der Waals surface area contributed by atoms with Crippen molar-refractivity contribution in [2.45, 2.75) is 17.2 Å². The first-order valence-corrected chi connectivity index (χ1v) is 9.15. The van der Waals surface area contributed by atoms with Crippen LogP contribution in [0.25, 0.3) is 0 Å². The van der Waals surface area contributed by atoms with E-state index in [4.69, 9.17) is 9.47 Å². The van der Waals surface area contributed by atoms with E-state index in [1.54, 1.807) is 13.2 Å². The van der Waals surface area contributed by atoms with Gasteiger partial charge in [0.15, 0.2) is 4.34 Å². The fraction of sp³-hybridized carbons (Fsp3) is 0.312. The van der Waals surface area contributed by atoms with E-state index in [-0.39, 0.29) is 5.91 Å². The second-order valence-corrected chi connectivity index (χ2v) is 6.89. The lowest BCUT2D eigenvalue weighted by atomic mass is 10.3. The molecule has 8 heteroatoms. The summed E-state index contributed by atoms with van der Waals surface area (Å²) in [6.45, 7) is 4.12. The topological polar surface area (TPSA) is 73.3 Å². The van der Waals surface area contributed by atoms with Gasteiger partial charge < -0.3 is 14.8 Å². The van der Waals surface area contributed by atoms with Gasteiger partial charge in [0.1, 0.15) is 11.5 Å². The fourth-order valence-electron chi connectivity index (χ4n) is 1.73. The number of hydrogen-bond acceptors (Lipinski definition) is 7. The van der Waals surface area contributed by atoms with Crippen LogP contribution in [0.5, 0.6) is 11.5 Å². The first-order valence-electron chi connectivity index (χ1n) is 7.35. The number of carbonyl (C=O) groups excluding carboxylic acids is 1. The zero-order valence-corrected chi connectivity index (χ0v) is 15.0. The molecule has 128 valence electrons. The highest BCUT2D eigenvalue weighted by molar-refractivity contribution is 8.01. The average Bonchev–Trinajstić information content (AvgIpc) is 3.04. The summed E-state index contributed by atoms with van der Waals surface area (Å²) in [6.07, 6.45) is 2.78. The molecule has 0 saturated heterocycles. The van der Waals surface area contributed by atoms with Gasteiger partial charge in [-0.05, 0) is 30.7 Å². The molecule has 1 aromatic carbocycles. The molecule has 0 saturated carbocycles. The number of hydrogen-bond donors (Lipinski definition) is 1. The minimum atomic E-state index is -0.0928. The van der Waals surface area contributed by atoms with Crippen LogP contribution < -0.4 is 14.8 Å². The first kappa shape index (κ1) is 18.3. The zero-order chi connectivity index (χ0) is 17.2. The van der Waals surface area contributed by atoms with Crippen LogP contribution in [0.3, 0.4) is 0 Å². The number of benzene rings is 1. The Labute approximate surface area is 149 Å². The summed E-state index contributed by atoms with van der Waals surface area (Å²) >= 11 is 2.90. The van der Waals surface area contributed by atoms with E-state index in [2.05, 4.69) is 22.1 Å². The number of carbonyl (C=O) groups is 1.